The summed E-state index contributed by atoms with van der Waals surface area (Å²) in [5, 5.41) is 5.49. The van der Waals surface area contributed by atoms with Crippen LogP contribution in [0, 0.1) is 13.8 Å². The lowest BCUT2D eigenvalue weighted by Crippen LogP contribution is -2.11. The zero-order valence-electron chi connectivity index (χ0n) is 11.7. The van der Waals surface area contributed by atoms with Gasteiger partial charge in [-0.05, 0) is 30.9 Å². The van der Waals surface area contributed by atoms with Crippen molar-refractivity contribution < 1.29 is 4.79 Å². The van der Waals surface area contributed by atoms with Crippen LogP contribution < -0.4 is 5.32 Å². The van der Waals surface area contributed by atoms with E-state index < -0.39 is 0 Å². The second kappa shape index (κ2) is 5.79. The fraction of sp³-hybridized carbons (Fsp3) is 0.125. The van der Waals surface area contributed by atoms with Crippen molar-refractivity contribution in [2.24, 2.45) is 0 Å². The van der Waals surface area contributed by atoms with Crippen LogP contribution in [0.5, 0.6) is 0 Å². The predicted octanol–water partition coefficient (Wildman–Crippen LogP) is 4.74. The smallest absolute Gasteiger partial charge is 0.268 e. The molecule has 2 heterocycles. The molecule has 3 aromatic rings. The van der Waals surface area contributed by atoms with Gasteiger partial charge in [-0.15, -0.1) is 22.7 Å². The van der Waals surface area contributed by atoms with Crippen LogP contribution in [-0.2, 0) is 0 Å². The zero-order valence-corrected chi connectivity index (χ0v) is 13.3. The highest BCUT2D eigenvalue weighted by Crippen LogP contribution is 2.29. The van der Waals surface area contributed by atoms with Gasteiger partial charge in [0.25, 0.3) is 5.91 Å². The van der Waals surface area contributed by atoms with E-state index in [9.17, 15) is 4.79 Å². The number of hydrogen-bond donors (Lipinski definition) is 1. The van der Waals surface area contributed by atoms with E-state index in [1.54, 1.807) is 0 Å². The van der Waals surface area contributed by atoms with Gasteiger partial charge >= 0.3 is 0 Å². The molecule has 0 atom stereocenters. The number of aryl methyl sites for hydroxylation is 2. The highest BCUT2D eigenvalue weighted by Gasteiger charge is 2.16. The molecule has 0 unspecified atom stereocenters. The van der Waals surface area contributed by atoms with Gasteiger partial charge in [-0.25, -0.2) is 4.98 Å². The minimum Gasteiger partial charge on any atom is -0.297 e. The van der Waals surface area contributed by atoms with E-state index in [1.165, 1.54) is 22.7 Å². The van der Waals surface area contributed by atoms with E-state index >= 15 is 0 Å². The topological polar surface area (TPSA) is 42.0 Å². The number of nitrogens with zero attached hydrogens (tertiary/aromatic N) is 1. The van der Waals surface area contributed by atoms with Crippen LogP contribution in [0.2, 0.25) is 0 Å². The maximum Gasteiger partial charge on any atom is 0.268 e. The molecule has 0 bridgehead atoms. The SMILES string of the molecule is Cc1nc(NC(=O)c2sccc2-c2ccccc2)sc1C. The average Bonchev–Trinajstić information content (AvgIpc) is 3.07. The minimum absolute atomic E-state index is 0.0994. The highest BCUT2D eigenvalue weighted by atomic mass is 32.1. The van der Waals surface area contributed by atoms with Crippen molar-refractivity contribution in [3.63, 3.8) is 0 Å². The Hall–Kier alpha value is -1.98. The van der Waals surface area contributed by atoms with Gasteiger partial charge in [0, 0.05) is 10.4 Å². The summed E-state index contributed by atoms with van der Waals surface area (Å²) >= 11 is 2.95. The molecule has 0 fully saturated rings. The first-order valence-electron chi connectivity index (χ1n) is 6.53. The molecule has 0 radical (unpaired) electrons. The van der Waals surface area contributed by atoms with Gasteiger partial charge in [-0.2, -0.15) is 0 Å². The Morgan fingerprint density at radius 2 is 1.90 bits per heavy atom. The van der Waals surface area contributed by atoms with E-state index in [2.05, 4.69) is 10.3 Å². The van der Waals surface area contributed by atoms with E-state index in [4.69, 9.17) is 0 Å². The van der Waals surface area contributed by atoms with Crippen LogP contribution >= 0.6 is 22.7 Å². The van der Waals surface area contributed by atoms with Crippen molar-refractivity contribution in [2.45, 2.75) is 13.8 Å². The van der Waals surface area contributed by atoms with Crippen LogP contribution in [0.4, 0.5) is 5.13 Å². The molecule has 0 saturated carbocycles. The predicted molar refractivity (Wildman–Crippen MR) is 89.3 cm³/mol. The Morgan fingerprint density at radius 1 is 1.14 bits per heavy atom. The molecule has 1 aromatic carbocycles. The van der Waals surface area contributed by atoms with Gasteiger partial charge in [0.05, 0.1) is 5.69 Å². The highest BCUT2D eigenvalue weighted by molar-refractivity contribution is 7.16. The minimum atomic E-state index is -0.0994. The molecule has 106 valence electrons. The number of amides is 1. The Morgan fingerprint density at radius 3 is 2.57 bits per heavy atom. The first-order valence-corrected chi connectivity index (χ1v) is 8.23. The van der Waals surface area contributed by atoms with E-state index in [0.29, 0.717) is 10.0 Å². The van der Waals surface area contributed by atoms with Gasteiger partial charge in [0.1, 0.15) is 4.88 Å². The molecule has 3 rings (SSSR count). The number of thiazole rings is 1. The third kappa shape index (κ3) is 2.89. The monoisotopic (exact) mass is 314 g/mol. The molecular formula is C16H14N2OS2. The molecule has 5 heteroatoms. The Bertz CT molecular complexity index is 755. The largest absolute Gasteiger partial charge is 0.297 e. The third-order valence-corrected chi connectivity index (χ3v) is 5.11. The quantitative estimate of drug-likeness (QED) is 0.758. The number of carbonyl (C=O) groups is 1. The standard InChI is InChI=1S/C16H14N2OS2/c1-10-11(2)21-16(17-10)18-15(19)14-13(8-9-20-14)12-6-4-3-5-7-12/h3-9H,1-2H3,(H,17,18,19). The van der Waals surface area contributed by atoms with Crippen molar-refractivity contribution in [1.82, 2.24) is 4.98 Å². The number of benzene rings is 1. The molecule has 0 aliphatic heterocycles. The molecule has 2 aromatic heterocycles. The van der Waals surface area contributed by atoms with Gasteiger partial charge in [0.15, 0.2) is 5.13 Å². The van der Waals surface area contributed by atoms with E-state index in [1.807, 2.05) is 55.6 Å². The van der Waals surface area contributed by atoms with Crippen molar-refractivity contribution >= 4 is 33.7 Å². The molecule has 3 nitrogen and oxygen atoms in total. The molecule has 21 heavy (non-hydrogen) atoms. The summed E-state index contributed by atoms with van der Waals surface area (Å²) in [4.78, 5) is 18.6. The van der Waals surface area contributed by atoms with Crippen molar-refractivity contribution in [3.8, 4) is 11.1 Å². The molecular weight excluding hydrogens is 300 g/mol. The van der Waals surface area contributed by atoms with Crippen LogP contribution in [0.3, 0.4) is 0 Å². The lowest BCUT2D eigenvalue weighted by atomic mass is 10.1. The molecule has 0 aliphatic carbocycles. The van der Waals surface area contributed by atoms with Crippen molar-refractivity contribution in [2.75, 3.05) is 5.32 Å². The van der Waals surface area contributed by atoms with Crippen molar-refractivity contribution in [1.29, 1.82) is 0 Å². The Balaban J connectivity index is 1.88. The first kappa shape index (κ1) is 14.0. The van der Waals surface area contributed by atoms with Gasteiger partial charge < -0.3 is 0 Å². The summed E-state index contributed by atoms with van der Waals surface area (Å²) in [6.45, 7) is 3.95. The summed E-state index contributed by atoms with van der Waals surface area (Å²) in [6, 6.07) is 11.9. The second-order valence-electron chi connectivity index (χ2n) is 4.64. The van der Waals surface area contributed by atoms with Crippen molar-refractivity contribution in [3.05, 3.63) is 57.2 Å². The van der Waals surface area contributed by atoms with Gasteiger partial charge in [-0.3, -0.25) is 10.1 Å². The average molecular weight is 314 g/mol. The Labute approximate surface area is 131 Å². The van der Waals surface area contributed by atoms with Crippen LogP contribution in [0.15, 0.2) is 41.8 Å². The zero-order chi connectivity index (χ0) is 14.8. The lowest BCUT2D eigenvalue weighted by molar-refractivity contribution is 0.103. The fourth-order valence-electron chi connectivity index (χ4n) is 2.01. The normalized spacial score (nSPS) is 10.6. The second-order valence-corrected chi connectivity index (χ2v) is 6.76. The van der Waals surface area contributed by atoms with Gasteiger partial charge in [-0.1, -0.05) is 30.3 Å². The summed E-state index contributed by atoms with van der Waals surface area (Å²) in [5.74, 6) is -0.0994. The van der Waals surface area contributed by atoms with Gasteiger partial charge in [0.2, 0.25) is 0 Å². The molecule has 0 aliphatic rings. The summed E-state index contributed by atoms with van der Waals surface area (Å²) in [5.41, 5.74) is 2.98. The fourth-order valence-corrected chi connectivity index (χ4v) is 3.63. The molecule has 0 saturated heterocycles. The number of rotatable bonds is 3. The number of thiophene rings is 1. The number of aromatic nitrogens is 1. The van der Waals surface area contributed by atoms with Crippen LogP contribution in [0.25, 0.3) is 11.1 Å². The maximum atomic E-state index is 12.5. The molecule has 0 spiro atoms. The Kier molecular flexibility index (Phi) is 3.86. The number of hydrogen-bond acceptors (Lipinski definition) is 4. The van der Waals surface area contributed by atoms with E-state index in [0.717, 1.165) is 21.7 Å². The van der Waals surface area contributed by atoms with Crippen LogP contribution in [0.1, 0.15) is 20.2 Å². The summed E-state index contributed by atoms with van der Waals surface area (Å²) in [6.07, 6.45) is 0. The maximum absolute atomic E-state index is 12.5. The lowest BCUT2D eigenvalue weighted by Gasteiger charge is -2.04. The molecule has 1 amide bonds. The van der Waals surface area contributed by atoms with E-state index in [-0.39, 0.29) is 5.91 Å². The summed E-state index contributed by atoms with van der Waals surface area (Å²) < 4.78 is 0. The summed E-state index contributed by atoms with van der Waals surface area (Å²) in [7, 11) is 0. The number of carbonyl (C=O) groups excluding carboxylic acids is 1. The van der Waals surface area contributed by atoms with Crippen LogP contribution in [-0.4, -0.2) is 10.9 Å². The first-order chi connectivity index (χ1) is 10.1. The number of anilines is 1. The number of nitrogens with one attached hydrogen (secondary N) is 1. The third-order valence-electron chi connectivity index (χ3n) is 3.21. The molecule has 1 N–H and O–H groups in total.